The molecule has 1 aliphatic heterocycles. The van der Waals surface area contributed by atoms with Crippen molar-refractivity contribution in [1.29, 1.82) is 0 Å². The van der Waals surface area contributed by atoms with Crippen LogP contribution in [0.2, 0.25) is 0 Å². The van der Waals surface area contributed by atoms with E-state index in [-0.39, 0.29) is 18.5 Å². The summed E-state index contributed by atoms with van der Waals surface area (Å²) in [5, 5.41) is 9.14. The van der Waals surface area contributed by atoms with Crippen molar-refractivity contribution in [3.63, 3.8) is 0 Å². The number of nitrogens with two attached hydrogens (primary N) is 1. The largest absolute Gasteiger partial charge is 0.396 e. The highest BCUT2D eigenvalue weighted by molar-refractivity contribution is 5.93. The summed E-state index contributed by atoms with van der Waals surface area (Å²) in [6.45, 7) is 1.47. The summed E-state index contributed by atoms with van der Waals surface area (Å²) < 4.78 is 14.0. The van der Waals surface area contributed by atoms with Crippen LogP contribution in [-0.2, 0) is 6.54 Å². The van der Waals surface area contributed by atoms with Gasteiger partial charge in [0.2, 0.25) is 0 Å². The van der Waals surface area contributed by atoms with Gasteiger partial charge in [-0.1, -0.05) is 6.42 Å². The van der Waals surface area contributed by atoms with Crippen LogP contribution in [0.1, 0.15) is 41.6 Å². The summed E-state index contributed by atoms with van der Waals surface area (Å²) >= 11 is 0. The number of benzene rings is 1. The van der Waals surface area contributed by atoms with Crippen LogP contribution in [0.4, 0.5) is 4.39 Å². The summed E-state index contributed by atoms with van der Waals surface area (Å²) in [4.78, 5) is 13.7. The van der Waals surface area contributed by atoms with Crippen LogP contribution in [0, 0.1) is 5.82 Å². The van der Waals surface area contributed by atoms with Gasteiger partial charge in [-0.15, -0.1) is 0 Å². The van der Waals surface area contributed by atoms with Gasteiger partial charge in [0.05, 0.1) is 0 Å². The van der Waals surface area contributed by atoms with E-state index in [2.05, 4.69) is 10.3 Å². The Kier molecular flexibility index (Phi) is 5.67. The Balaban J connectivity index is 2.15. The van der Waals surface area contributed by atoms with Crippen molar-refractivity contribution in [3.05, 3.63) is 35.1 Å². The monoisotopic (exact) mass is 295 g/mol. The predicted octanol–water partition coefficient (Wildman–Crippen LogP) is 1.17. The van der Waals surface area contributed by atoms with Gasteiger partial charge in [0.25, 0.3) is 5.91 Å². The Bertz CT molecular complexity index is 494. The van der Waals surface area contributed by atoms with Crippen molar-refractivity contribution >= 4 is 5.91 Å². The number of likely N-dealkylation sites (tertiary alicyclic amines) is 1. The molecule has 5 nitrogen and oxygen atoms in total. The van der Waals surface area contributed by atoms with E-state index < -0.39 is 5.91 Å². The molecule has 21 heavy (non-hydrogen) atoms. The van der Waals surface area contributed by atoms with Crippen LogP contribution in [-0.4, -0.2) is 35.1 Å². The molecule has 0 saturated carbocycles. The van der Waals surface area contributed by atoms with Gasteiger partial charge in [-0.2, -0.15) is 0 Å². The third-order valence-electron chi connectivity index (χ3n) is 4.02. The summed E-state index contributed by atoms with van der Waals surface area (Å²) in [7, 11) is 0. The molecule has 1 aromatic carbocycles. The van der Waals surface area contributed by atoms with Crippen LogP contribution in [0.25, 0.3) is 0 Å². The van der Waals surface area contributed by atoms with E-state index in [0.29, 0.717) is 24.1 Å². The fraction of sp³-hybridized carbons (Fsp3) is 0.533. The zero-order chi connectivity index (χ0) is 15.2. The van der Waals surface area contributed by atoms with E-state index in [0.717, 1.165) is 25.8 Å². The van der Waals surface area contributed by atoms with Crippen LogP contribution in [0.5, 0.6) is 0 Å². The molecule has 0 bridgehead atoms. The highest BCUT2D eigenvalue weighted by atomic mass is 19.1. The molecular formula is C15H22FN3O2. The lowest BCUT2D eigenvalue weighted by molar-refractivity contribution is 0.0953. The number of piperidine rings is 1. The first kappa shape index (κ1) is 15.9. The number of nitrogens with one attached hydrogen (secondary N) is 1. The number of halogens is 1. The second-order valence-corrected chi connectivity index (χ2v) is 5.41. The third-order valence-corrected chi connectivity index (χ3v) is 4.02. The molecule has 1 aliphatic rings. The average Bonchev–Trinajstić information content (AvgIpc) is 2.51. The van der Waals surface area contributed by atoms with Crippen molar-refractivity contribution in [1.82, 2.24) is 10.3 Å². The molecule has 0 aromatic heterocycles. The van der Waals surface area contributed by atoms with Crippen LogP contribution >= 0.6 is 0 Å². The van der Waals surface area contributed by atoms with E-state index in [4.69, 9.17) is 10.9 Å². The minimum absolute atomic E-state index is 0.138. The standard InChI is InChI=1S/C15H22FN3O2/c16-14-5-4-11(15(21)18-17)9-12(14)10-19-7-2-1-3-13(19)6-8-20/h4-5,9,13,20H,1-3,6-8,10,17H2,(H,18,21). The first-order valence-electron chi connectivity index (χ1n) is 7.30. The molecule has 1 atom stereocenters. The highest BCUT2D eigenvalue weighted by Crippen LogP contribution is 2.23. The van der Waals surface area contributed by atoms with Gasteiger partial charge < -0.3 is 5.11 Å². The fourth-order valence-electron chi connectivity index (χ4n) is 2.88. The quantitative estimate of drug-likeness (QED) is 0.433. The number of hydrazine groups is 1. The van der Waals surface area contributed by atoms with Gasteiger partial charge in [0.1, 0.15) is 5.82 Å². The van der Waals surface area contributed by atoms with E-state index in [1.54, 1.807) is 6.07 Å². The summed E-state index contributed by atoms with van der Waals surface area (Å²) in [6.07, 6.45) is 3.93. The molecule has 2 rings (SSSR count). The minimum atomic E-state index is -0.429. The van der Waals surface area contributed by atoms with Crippen LogP contribution in [0.15, 0.2) is 18.2 Å². The molecule has 1 saturated heterocycles. The van der Waals surface area contributed by atoms with Crippen molar-refractivity contribution in [3.8, 4) is 0 Å². The number of aliphatic hydroxyl groups excluding tert-OH is 1. The molecule has 6 heteroatoms. The Morgan fingerprint density at radius 1 is 1.48 bits per heavy atom. The number of rotatable bonds is 5. The molecule has 1 fully saturated rings. The molecule has 0 spiro atoms. The predicted molar refractivity (Wildman–Crippen MR) is 77.8 cm³/mol. The van der Waals surface area contributed by atoms with Crippen molar-refractivity contribution in [2.24, 2.45) is 5.84 Å². The number of carbonyl (C=O) groups is 1. The summed E-state index contributed by atoms with van der Waals surface area (Å²) in [5.74, 6) is 4.36. The van der Waals surface area contributed by atoms with E-state index in [1.165, 1.54) is 12.1 Å². The normalized spacial score (nSPS) is 19.5. The van der Waals surface area contributed by atoms with Crippen molar-refractivity contribution in [2.75, 3.05) is 13.2 Å². The second-order valence-electron chi connectivity index (χ2n) is 5.41. The fourth-order valence-corrected chi connectivity index (χ4v) is 2.88. The Morgan fingerprint density at radius 2 is 2.29 bits per heavy atom. The smallest absolute Gasteiger partial charge is 0.265 e. The highest BCUT2D eigenvalue weighted by Gasteiger charge is 2.23. The SMILES string of the molecule is NNC(=O)c1ccc(F)c(CN2CCCCC2CCO)c1. The van der Waals surface area contributed by atoms with Gasteiger partial charge >= 0.3 is 0 Å². The maximum Gasteiger partial charge on any atom is 0.265 e. The van der Waals surface area contributed by atoms with E-state index in [1.807, 2.05) is 0 Å². The molecule has 1 amide bonds. The van der Waals surface area contributed by atoms with Gasteiger partial charge in [0, 0.05) is 30.3 Å². The number of nitrogens with zero attached hydrogens (tertiary/aromatic N) is 1. The average molecular weight is 295 g/mol. The van der Waals surface area contributed by atoms with E-state index >= 15 is 0 Å². The maximum absolute atomic E-state index is 14.0. The topological polar surface area (TPSA) is 78.6 Å². The molecule has 1 unspecified atom stereocenters. The Hall–Kier alpha value is -1.50. The summed E-state index contributed by atoms with van der Waals surface area (Å²) in [6, 6.07) is 4.53. The van der Waals surface area contributed by atoms with Crippen LogP contribution in [0.3, 0.4) is 0 Å². The first-order chi connectivity index (χ1) is 10.2. The molecule has 116 valence electrons. The number of amides is 1. The second kappa shape index (κ2) is 7.49. The van der Waals surface area contributed by atoms with Crippen molar-refractivity contribution in [2.45, 2.75) is 38.3 Å². The zero-order valence-electron chi connectivity index (χ0n) is 12.0. The van der Waals surface area contributed by atoms with Gasteiger partial charge in [-0.05, 0) is 44.0 Å². The lowest BCUT2D eigenvalue weighted by Gasteiger charge is -2.35. The number of aliphatic hydroxyl groups is 1. The maximum atomic E-state index is 14.0. The Morgan fingerprint density at radius 3 is 3.00 bits per heavy atom. The lowest BCUT2D eigenvalue weighted by atomic mass is 9.98. The molecule has 1 aromatic rings. The lowest BCUT2D eigenvalue weighted by Crippen LogP contribution is -2.39. The third kappa shape index (κ3) is 4.00. The molecule has 1 heterocycles. The Labute approximate surface area is 123 Å². The first-order valence-corrected chi connectivity index (χ1v) is 7.30. The molecular weight excluding hydrogens is 273 g/mol. The van der Waals surface area contributed by atoms with Gasteiger partial charge in [-0.3, -0.25) is 15.1 Å². The molecule has 0 aliphatic carbocycles. The zero-order valence-corrected chi connectivity index (χ0v) is 12.0. The van der Waals surface area contributed by atoms with Gasteiger partial charge in [0.15, 0.2) is 0 Å². The van der Waals surface area contributed by atoms with Crippen molar-refractivity contribution < 1.29 is 14.3 Å². The summed E-state index contributed by atoms with van der Waals surface area (Å²) in [5.41, 5.74) is 2.89. The molecule has 0 radical (unpaired) electrons. The molecule has 4 N–H and O–H groups in total. The van der Waals surface area contributed by atoms with Crippen LogP contribution < -0.4 is 11.3 Å². The van der Waals surface area contributed by atoms with Gasteiger partial charge in [-0.25, -0.2) is 10.2 Å². The number of carbonyl (C=O) groups excluding carboxylic acids is 1. The number of hydrogen-bond acceptors (Lipinski definition) is 4. The number of nitrogen functional groups attached to an aromatic ring is 1. The minimum Gasteiger partial charge on any atom is -0.396 e. The number of hydrogen-bond donors (Lipinski definition) is 3. The van der Waals surface area contributed by atoms with E-state index in [9.17, 15) is 9.18 Å².